The molecule has 0 radical (unpaired) electrons. The average molecular weight is 229 g/mol. The normalized spacial score (nSPS) is 27.9. The molecule has 0 N–H and O–H groups in total. The molecule has 1 aliphatic rings. The topological polar surface area (TPSA) is 20.3 Å². The largest absolute Gasteiger partial charge is 0.301 e. The van der Waals surface area contributed by atoms with Crippen LogP contribution >= 0.6 is 11.8 Å². The number of nitrogens with zero attached hydrogens (tertiary/aromatic N) is 1. The second-order valence-corrected chi connectivity index (χ2v) is 6.56. The third-order valence-electron chi connectivity index (χ3n) is 2.75. The number of rotatable bonds is 5. The molecule has 0 saturated carbocycles. The first-order valence-corrected chi connectivity index (χ1v) is 6.89. The fourth-order valence-corrected chi connectivity index (χ4v) is 3.56. The zero-order chi connectivity index (χ0) is 11.3. The predicted octanol–water partition coefficient (Wildman–Crippen LogP) is 2.57. The molecule has 88 valence electrons. The zero-order valence-electron chi connectivity index (χ0n) is 10.2. The van der Waals surface area contributed by atoms with Gasteiger partial charge in [0.25, 0.3) is 0 Å². The summed E-state index contributed by atoms with van der Waals surface area (Å²) in [6.07, 6.45) is 2.99. The number of carbonyl (C=O) groups is 1. The molecule has 3 heteroatoms. The van der Waals surface area contributed by atoms with Crippen LogP contribution in [0.2, 0.25) is 0 Å². The summed E-state index contributed by atoms with van der Waals surface area (Å²) in [6.45, 7) is 9.90. The highest BCUT2D eigenvalue weighted by molar-refractivity contribution is 8.00. The van der Waals surface area contributed by atoms with Gasteiger partial charge in [-0.25, -0.2) is 0 Å². The Balaban J connectivity index is 2.12. The number of hydrogen-bond acceptors (Lipinski definition) is 3. The van der Waals surface area contributed by atoms with Gasteiger partial charge >= 0.3 is 0 Å². The lowest BCUT2D eigenvalue weighted by atomic mass is 10.2. The van der Waals surface area contributed by atoms with Crippen molar-refractivity contribution >= 4 is 17.5 Å². The summed E-state index contributed by atoms with van der Waals surface area (Å²) in [6, 6.07) is 0. The second-order valence-electron chi connectivity index (χ2n) is 4.68. The molecule has 1 saturated heterocycles. The fraction of sp³-hybridized carbons (Fsp3) is 0.917. The fourth-order valence-electron chi connectivity index (χ4n) is 2.18. The first-order chi connectivity index (χ1) is 7.08. The second kappa shape index (κ2) is 6.54. The van der Waals surface area contributed by atoms with Crippen molar-refractivity contribution in [2.45, 2.75) is 50.5 Å². The van der Waals surface area contributed by atoms with E-state index in [1.165, 1.54) is 26.1 Å². The minimum atomic E-state index is 0.325. The molecular weight excluding hydrogens is 206 g/mol. The quantitative estimate of drug-likeness (QED) is 0.676. The number of ketones is 1. The van der Waals surface area contributed by atoms with Crippen LogP contribution in [-0.4, -0.2) is 40.8 Å². The van der Waals surface area contributed by atoms with Gasteiger partial charge in [0.1, 0.15) is 5.78 Å². The maximum absolute atomic E-state index is 10.8. The Labute approximate surface area is 97.8 Å². The predicted molar refractivity (Wildman–Crippen MR) is 67.5 cm³/mol. The molecule has 0 aromatic heterocycles. The molecule has 0 amide bonds. The van der Waals surface area contributed by atoms with E-state index in [4.69, 9.17) is 0 Å². The zero-order valence-corrected chi connectivity index (χ0v) is 11.0. The molecule has 2 nitrogen and oxygen atoms in total. The van der Waals surface area contributed by atoms with Crippen LogP contribution in [0, 0.1) is 0 Å². The Kier molecular flexibility index (Phi) is 5.69. The van der Waals surface area contributed by atoms with Gasteiger partial charge in [-0.3, -0.25) is 0 Å². The first kappa shape index (κ1) is 13.0. The Hall–Kier alpha value is -0.0200. The summed E-state index contributed by atoms with van der Waals surface area (Å²) in [5.74, 6) is 0.325. The van der Waals surface area contributed by atoms with Crippen LogP contribution in [0.5, 0.6) is 0 Å². The molecule has 0 bridgehead atoms. The molecular formula is C12H23NOS. The number of hydrogen-bond donors (Lipinski definition) is 0. The molecule has 1 fully saturated rings. The van der Waals surface area contributed by atoms with Crippen molar-refractivity contribution in [2.75, 3.05) is 19.6 Å². The van der Waals surface area contributed by atoms with E-state index >= 15 is 0 Å². The molecule has 2 atom stereocenters. The van der Waals surface area contributed by atoms with Crippen LogP contribution < -0.4 is 0 Å². The van der Waals surface area contributed by atoms with Crippen molar-refractivity contribution in [3.63, 3.8) is 0 Å². The van der Waals surface area contributed by atoms with Gasteiger partial charge in [-0.15, -0.1) is 0 Å². The van der Waals surface area contributed by atoms with Gasteiger partial charge < -0.3 is 9.69 Å². The minimum absolute atomic E-state index is 0.325. The smallest absolute Gasteiger partial charge is 0.129 e. The summed E-state index contributed by atoms with van der Waals surface area (Å²) < 4.78 is 0. The van der Waals surface area contributed by atoms with E-state index in [1.54, 1.807) is 6.92 Å². The lowest BCUT2D eigenvalue weighted by Crippen LogP contribution is -2.40. The summed E-state index contributed by atoms with van der Waals surface area (Å²) in [4.78, 5) is 13.3. The van der Waals surface area contributed by atoms with Crippen LogP contribution in [0.15, 0.2) is 0 Å². The van der Waals surface area contributed by atoms with E-state index in [-0.39, 0.29) is 0 Å². The van der Waals surface area contributed by atoms with Gasteiger partial charge in [0.05, 0.1) is 0 Å². The summed E-state index contributed by atoms with van der Waals surface area (Å²) >= 11 is 2.09. The lowest BCUT2D eigenvalue weighted by Gasteiger charge is -2.34. The van der Waals surface area contributed by atoms with Crippen LogP contribution in [0.25, 0.3) is 0 Å². The molecule has 0 aromatic rings. The van der Waals surface area contributed by atoms with E-state index in [2.05, 4.69) is 30.5 Å². The summed E-state index contributed by atoms with van der Waals surface area (Å²) in [5, 5.41) is 1.53. The van der Waals surface area contributed by atoms with Crippen LogP contribution in [-0.2, 0) is 4.79 Å². The highest BCUT2D eigenvalue weighted by atomic mass is 32.2. The van der Waals surface area contributed by atoms with E-state index in [1.807, 2.05) is 0 Å². The molecule has 15 heavy (non-hydrogen) atoms. The Bertz CT molecular complexity index is 198. The lowest BCUT2D eigenvalue weighted by molar-refractivity contribution is -0.117. The van der Waals surface area contributed by atoms with Crippen molar-refractivity contribution in [2.24, 2.45) is 0 Å². The molecule has 1 heterocycles. The van der Waals surface area contributed by atoms with Crippen LogP contribution in [0.3, 0.4) is 0 Å². The minimum Gasteiger partial charge on any atom is -0.301 e. The van der Waals surface area contributed by atoms with Crippen molar-refractivity contribution < 1.29 is 4.79 Å². The maximum atomic E-state index is 10.8. The standard InChI is InChI=1S/C12H23NOS/c1-10(14)6-4-5-7-13-8-11(2)15-12(3)9-13/h11-12H,4-9H2,1-3H3. The Morgan fingerprint density at radius 3 is 2.40 bits per heavy atom. The third-order valence-corrected chi connectivity index (χ3v) is 3.98. The van der Waals surface area contributed by atoms with Crippen molar-refractivity contribution in [1.82, 2.24) is 4.90 Å². The summed E-state index contributed by atoms with van der Waals surface area (Å²) in [5.41, 5.74) is 0. The van der Waals surface area contributed by atoms with Gasteiger partial charge in [0, 0.05) is 30.0 Å². The maximum Gasteiger partial charge on any atom is 0.129 e. The monoisotopic (exact) mass is 229 g/mol. The SMILES string of the molecule is CC(=O)CCCCN1CC(C)SC(C)C1. The molecule has 1 rings (SSSR count). The molecule has 0 aliphatic carbocycles. The van der Waals surface area contributed by atoms with E-state index < -0.39 is 0 Å². The first-order valence-electron chi connectivity index (χ1n) is 5.95. The van der Waals surface area contributed by atoms with Crippen molar-refractivity contribution in [3.8, 4) is 0 Å². The highest BCUT2D eigenvalue weighted by Crippen LogP contribution is 2.24. The van der Waals surface area contributed by atoms with Crippen LogP contribution in [0.4, 0.5) is 0 Å². The number of Topliss-reactive ketones (excluding diaryl/α,β-unsaturated/α-hetero) is 1. The highest BCUT2D eigenvalue weighted by Gasteiger charge is 2.21. The van der Waals surface area contributed by atoms with E-state index in [0.717, 1.165) is 23.3 Å². The Morgan fingerprint density at radius 2 is 1.87 bits per heavy atom. The van der Waals surface area contributed by atoms with Crippen molar-refractivity contribution in [1.29, 1.82) is 0 Å². The van der Waals surface area contributed by atoms with Gasteiger partial charge in [0.2, 0.25) is 0 Å². The number of unbranched alkanes of at least 4 members (excludes halogenated alkanes) is 1. The van der Waals surface area contributed by atoms with Gasteiger partial charge in [-0.2, -0.15) is 11.8 Å². The molecule has 0 spiro atoms. The third kappa shape index (κ3) is 5.57. The molecule has 0 aromatic carbocycles. The Morgan fingerprint density at radius 1 is 1.27 bits per heavy atom. The van der Waals surface area contributed by atoms with E-state index in [0.29, 0.717) is 5.78 Å². The molecule has 1 aliphatic heterocycles. The number of thioether (sulfide) groups is 1. The van der Waals surface area contributed by atoms with Crippen LogP contribution in [0.1, 0.15) is 40.0 Å². The number of carbonyl (C=O) groups excluding carboxylic acids is 1. The van der Waals surface area contributed by atoms with Gasteiger partial charge in [-0.1, -0.05) is 13.8 Å². The van der Waals surface area contributed by atoms with Gasteiger partial charge in [0.15, 0.2) is 0 Å². The average Bonchev–Trinajstić information content (AvgIpc) is 2.10. The summed E-state index contributed by atoms with van der Waals surface area (Å²) in [7, 11) is 0. The van der Waals surface area contributed by atoms with Crippen molar-refractivity contribution in [3.05, 3.63) is 0 Å². The molecule has 2 unspecified atom stereocenters. The van der Waals surface area contributed by atoms with Gasteiger partial charge in [-0.05, 0) is 26.3 Å². The van der Waals surface area contributed by atoms with E-state index in [9.17, 15) is 4.79 Å².